The number of hydrogen-bond donors (Lipinski definition) is 3. The van der Waals surface area contributed by atoms with Crippen molar-refractivity contribution in [3.05, 3.63) is 58.4 Å². The minimum atomic E-state index is -1.87. The Morgan fingerprint density at radius 2 is 1.95 bits per heavy atom. The second kappa shape index (κ2) is 18.2. The number of amides is 3. The highest BCUT2D eigenvalue weighted by Crippen LogP contribution is 2.50. The first-order chi connectivity index (χ1) is 27.3. The molecule has 6 bridgehead atoms. The zero-order valence-electron chi connectivity index (χ0n) is 34.7. The van der Waals surface area contributed by atoms with Crippen molar-refractivity contribution in [1.29, 1.82) is 0 Å². The molecule has 4 aliphatic heterocycles. The summed E-state index contributed by atoms with van der Waals surface area (Å²) in [4.78, 5) is 57.0. The maximum absolute atomic E-state index is 14.2. The molecule has 2 unspecified atom stereocenters. The molecular weight excluding hydrogens is 774 g/mol. The first-order valence-corrected chi connectivity index (χ1v) is 19.6. The summed E-state index contributed by atoms with van der Waals surface area (Å²) in [6, 6.07) is 2.56. The maximum atomic E-state index is 14.2. The number of nitrogens with one attached hydrogen (secondary N) is 2. The van der Waals surface area contributed by atoms with Crippen LogP contribution < -0.4 is 20.3 Å². The summed E-state index contributed by atoms with van der Waals surface area (Å²) >= 11 is 6.78. The average molecular weight is 830 g/mol. The SMILES string of the molecule is CNCc1cn(CCCC(=O)N(C)C(C)C(=O)O[C@H]2CC(=O)N(C)c3cc(cc(OC)c3Cl)C/C(C)=C/C=C/[C@@H](OC)[C@@]3(O)C[C@H](OC(=O)N3)C3(C)C[C@@]2(C)O3)nn1. The molecule has 2 saturated heterocycles. The van der Waals surface area contributed by atoms with Crippen molar-refractivity contribution in [2.75, 3.05) is 40.3 Å². The highest BCUT2D eigenvalue weighted by Gasteiger charge is 2.63. The molecule has 6 rings (SSSR count). The van der Waals surface area contributed by atoms with E-state index in [1.807, 2.05) is 20.0 Å². The highest BCUT2D eigenvalue weighted by molar-refractivity contribution is 6.35. The van der Waals surface area contributed by atoms with E-state index < -0.39 is 59.3 Å². The number of allylic oxidation sites excluding steroid dienone is 3. The third-order valence-electron chi connectivity index (χ3n) is 11.2. The third-order valence-corrected chi connectivity index (χ3v) is 11.5. The number of nitrogens with zero attached hydrogens (tertiary/aromatic N) is 5. The van der Waals surface area contributed by atoms with Crippen molar-refractivity contribution in [1.82, 2.24) is 30.5 Å². The molecule has 0 saturated carbocycles. The molecule has 3 amide bonds. The van der Waals surface area contributed by atoms with E-state index in [-0.39, 0.29) is 36.6 Å². The zero-order chi connectivity index (χ0) is 42.6. The van der Waals surface area contributed by atoms with Crippen molar-refractivity contribution in [3.63, 3.8) is 0 Å². The molecule has 58 heavy (non-hydrogen) atoms. The lowest BCUT2D eigenvalue weighted by Gasteiger charge is -2.59. The van der Waals surface area contributed by atoms with Gasteiger partial charge >= 0.3 is 12.1 Å². The normalized spacial score (nSPS) is 29.5. The maximum Gasteiger partial charge on any atom is 0.409 e. The van der Waals surface area contributed by atoms with Gasteiger partial charge in [0.05, 0.1) is 24.9 Å². The number of esters is 1. The smallest absolute Gasteiger partial charge is 0.409 e. The predicted octanol–water partition coefficient (Wildman–Crippen LogP) is 3.45. The van der Waals surface area contributed by atoms with Crippen molar-refractivity contribution in [3.8, 4) is 5.75 Å². The number of fused-ring (bicyclic) bond motifs is 6. The fourth-order valence-electron chi connectivity index (χ4n) is 7.79. The van der Waals surface area contributed by atoms with Crippen LogP contribution in [0.4, 0.5) is 10.5 Å². The number of carbonyl (C=O) groups is 4. The van der Waals surface area contributed by atoms with Crippen LogP contribution in [0.5, 0.6) is 5.75 Å². The van der Waals surface area contributed by atoms with Gasteiger partial charge in [-0.25, -0.2) is 9.59 Å². The molecule has 0 radical (unpaired) electrons. The minimum Gasteiger partial charge on any atom is -0.495 e. The summed E-state index contributed by atoms with van der Waals surface area (Å²) in [7, 11) is 7.82. The number of likely N-dealkylation sites (N-methyl/N-ethyl adjacent to an activating group) is 1. The first kappa shape index (κ1) is 44.6. The van der Waals surface area contributed by atoms with Crippen LogP contribution in [0.3, 0.4) is 0 Å². The molecule has 318 valence electrons. The summed E-state index contributed by atoms with van der Waals surface area (Å²) in [5.41, 5.74) is -1.42. The number of aryl methyl sites for hydroxylation is 1. The van der Waals surface area contributed by atoms with Crippen LogP contribution >= 0.6 is 11.6 Å². The van der Waals surface area contributed by atoms with Gasteiger partial charge in [-0.1, -0.05) is 40.6 Å². The van der Waals surface area contributed by atoms with Gasteiger partial charge in [0.2, 0.25) is 11.8 Å². The van der Waals surface area contributed by atoms with Crippen LogP contribution in [0, 0.1) is 0 Å². The Balaban J connectivity index is 1.42. The predicted molar refractivity (Wildman–Crippen MR) is 213 cm³/mol. The summed E-state index contributed by atoms with van der Waals surface area (Å²) in [5, 5.41) is 25.7. The van der Waals surface area contributed by atoms with Crippen LogP contribution in [-0.4, -0.2) is 126 Å². The Morgan fingerprint density at radius 3 is 2.62 bits per heavy atom. The number of rotatable bonds is 11. The number of anilines is 1. The lowest BCUT2D eigenvalue weighted by atomic mass is 9.72. The topological polar surface area (TPSA) is 196 Å². The Kier molecular flexibility index (Phi) is 13.9. The van der Waals surface area contributed by atoms with Crippen molar-refractivity contribution >= 4 is 41.2 Å². The number of carbonyl (C=O) groups excluding carboxylic acids is 4. The van der Waals surface area contributed by atoms with E-state index in [1.54, 1.807) is 63.0 Å². The van der Waals surface area contributed by atoms with Crippen molar-refractivity contribution in [2.24, 2.45) is 0 Å². The third kappa shape index (κ3) is 9.82. The average Bonchev–Trinajstić information content (AvgIpc) is 3.61. The molecule has 17 nitrogen and oxygen atoms in total. The van der Waals surface area contributed by atoms with E-state index in [0.717, 1.165) is 16.8 Å². The van der Waals surface area contributed by atoms with E-state index in [1.165, 1.54) is 31.1 Å². The standard InChI is InChI=1S/C40H56ClN7O10/c1-24-12-10-13-30(55-9)40(53)20-32(57-37(52)43-40)39(4)23-38(3,58-39)31(19-34(50)47(7)28-17-26(16-24)18-29(54-8)35(28)41)56-36(51)25(2)46(6)33(49)14-11-15-48-22-27(21-42-5)44-45-48/h10,12-13,17-18,22,25,30-32,42,53H,11,14-16,19-21,23H2,1-9H3,(H,43,52)/b13-10+,24-12+/t25?,30-,31+,32+,38-,39?,40+/m1/s1. The van der Waals surface area contributed by atoms with E-state index in [9.17, 15) is 24.3 Å². The first-order valence-electron chi connectivity index (χ1n) is 19.3. The number of benzene rings is 1. The second-order valence-electron chi connectivity index (χ2n) is 15.8. The number of aliphatic hydroxyl groups is 1. The van der Waals surface area contributed by atoms with Gasteiger partial charge in [0.1, 0.15) is 46.3 Å². The van der Waals surface area contributed by atoms with Crippen molar-refractivity contribution in [2.45, 2.75) is 121 Å². The molecule has 2 fully saturated rings. The van der Waals surface area contributed by atoms with Gasteiger partial charge in [0, 0.05) is 59.8 Å². The number of aromatic nitrogens is 3. The van der Waals surface area contributed by atoms with Gasteiger partial charge in [-0.2, -0.15) is 0 Å². The van der Waals surface area contributed by atoms with Crippen LogP contribution in [0.15, 0.2) is 42.1 Å². The van der Waals surface area contributed by atoms with E-state index in [0.29, 0.717) is 37.4 Å². The Morgan fingerprint density at radius 1 is 1.22 bits per heavy atom. The molecule has 4 aliphatic rings. The Labute approximate surface area is 343 Å². The van der Waals surface area contributed by atoms with Crippen molar-refractivity contribution < 1.29 is 48.0 Å². The molecule has 3 N–H and O–H groups in total. The van der Waals surface area contributed by atoms with Gasteiger partial charge in [-0.3, -0.25) is 19.6 Å². The molecule has 5 heterocycles. The van der Waals surface area contributed by atoms with Crippen LogP contribution in [0.1, 0.15) is 71.1 Å². The number of hydrogen-bond acceptors (Lipinski definition) is 13. The summed E-state index contributed by atoms with van der Waals surface area (Å²) in [5.74, 6) is -1.11. The zero-order valence-corrected chi connectivity index (χ0v) is 35.4. The second-order valence-corrected chi connectivity index (χ2v) is 16.2. The number of methoxy groups -OCH3 is 2. The Hall–Kier alpha value is -4.55. The molecule has 0 spiro atoms. The molecular formula is C40H56ClN7O10. The monoisotopic (exact) mass is 829 g/mol. The number of ether oxygens (including phenoxy) is 5. The van der Waals surface area contributed by atoms with E-state index >= 15 is 0 Å². The van der Waals surface area contributed by atoms with Crippen LogP contribution in [0.2, 0.25) is 5.02 Å². The molecule has 1 aromatic carbocycles. The largest absolute Gasteiger partial charge is 0.495 e. The molecule has 1 aromatic heterocycles. The highest BCUT2D eigenvalue weighted by atomic mass is 35.5. The van der Waals surface area contributed by atoms with Gasteiger partial charge in [0.15, 0.2) is 5.72 Å². The minimum absolute atomic E-state index is 0.106. The summed E-state index contributed by atoms with van der Waals surface area (Å²) < 4.78 is 31.3. The number of halogens is 1. The molecule has 7 atom stereocenters. The quantitative estimate of drug-likeness (QED) is 0.279. The van der Waals surface area contributed by atoms with Crippen LogP contribution in [-0.2, 0) is 52.8 Å². The molecule has 18 heteroatoms. The van der Waals surface area contributed by atoms with Gasteiger partial charge < -0.3 is 43.9 Å². The van der Waals surface area contributed by atoms with E-state index in [4.69, 9.17) is 35.3 Å². The lowest BCUT2D eigenvalue weighted by molar-refractivity contribution is -0.328. The van der Waals surface area contributed by atoms with Gasteiger partial charge in [0.25, 0.3) is 0 Å². The molecule has 2 aromatic rings. The number of alkyl carbamates (subject to hydrolysis) is 1. The molecule has 0 aliphatic carbocycles. The van der Waals surface area contributed by atoms with E-state index in [2.05, 4.69) is 20.9 Å². The van der Waals surface area contributed by atoms with Gasteiger partial charge in [-0.05, 0) is 65.3 Å². The van der Waals surface area contributed by atoms with Crippen LogP contribution in [0.25, 0.3) is 0 Å². The summed E-state index contributed by atoms with van der Waals surface area (Å²) in [6.45, 7) is 7.94. The van der Waals surface area contributed by atoms with Gasteiger partial charge in [-0.15, -0.1) is 5.10 Å². The fraction of sp³-hybridized carbons (Fsp3) is 0.600. The lowest BCUT2D eigenvalue weighted by Crippen LogP contribution is -2.72. The summed E-state index contributed by atoms with van der Waals surface area (Å²) in [6.07, 6.45) is 3.85. The Bertz CT molecular complexity index is 1910. The fourth-order valence-corrected chi connectivity index (χ4v) is 8.10.